The number of ketones is 2. The molecule has 0 aliphatic carbocycles. The molecule has 0 aromatic carbocycles. The molecule has 2 amide bonds. The Morgan fingerprint density at radius 1 is 1.14 bits per heavy atom. The quantitative estimate of drug-likeness (QED) is 0.607. The molecule has 0 aromatic rings. The highest BCUT2D eigenvalue weighted by Crippen LogP contribution is 2.19. The molecule has 5 nitrogen and oxygen atoms in total. The van der Waals surface area contributed by atoms with E-state index < -0.39 is 0 Å². The second-order valence-electron chi connectivity index (χ2n) is 5.48. The van der Waals surface area contributed by atoms with Gasteiger partial charge in [0, 0.05) is 32.2 Å². The summed E-state index contributed by atoms with van der Waals surface area (Å²) < 4.78 is 0. The summed E-state index contributed by atoms with van der Waals surface area (Å²) in [7, 11) is 0. The molecule has 1 heterocycles. The number of thioether (sulfide) groups is 1. The summed E-state index contributed by atoms with van der Waals surface area (Å²) in [5.41, 5.74) is 0. The van der Waals surface area contributed by atoms with E-state index in [0.717, 1.165) is 0 Å². The molecule has 0 radical (unpaired) electrons. The van der Waals surface area contributed by atoms with Crippen LogP contribution in [0.1, 0.15) is 46.0 Å². The zero-order valence-electron chi connectivity index (χ0n) is 12.7. The van der Waals surface area contributed by atoms with E-state index >= 15 is 0 Å². The Morgan fingerprint density at radius 2 is 1.71 bits per heavy atom. The highest BCUT2D eigenvalue weighted by molar-refractivity contribution is 8.00. The largest absolute Gasteiger partial charge is 0.299 e. The van der Waals surface area contributed by atoms with Gasteiger partial charge < -0.3 is 0 Å². The highest BCUT2D eigenvalue weighted by atomic mass is 32.2. The van der Waals surface area contributed by atoms with Gasteiger partial charge in [-0.25, -0.2) is 0 Å². The van der Waals surface area contributed by atoms with Crippen molar-refractivity contribution in [1.29, 1.82) is 0 Å². The monoisotopic (exact) mass is 313 g/mol. The second-order valence-corrected chi connectivity index (χ2v) is 6.47. The van der Waals surface area contributed by atoms with Gasteiger partial charge in [-0.1, -0.05) is 13.8 Å². The molecule has 1 fully saturated rings. The Bertz CT molecular complexity index is 404. The van der Waals surface area contributed by atoms with Crippen LogP contribution >= 0.6 is 11.8 Å². The van der Waals surface area contributed by atoms with Gasteiger partial charge in [0.2, 0.25) is 11.8 Å². The molecule has 1 aliphatic heterocycles. The number of carbonyl (C=O) groups is 4. The maximum Gasteiger partial charge on any atom is 0.229 e. The van der Waals surface area contributed by atoms with E-state index in [1.807, 2.05) is 6.92 Å². The van der Waals surface area contributed by atoms with Crippen LogP contribution < -0.4 is 0 Å². The van der Waals surface area contributed by atoms with Gasteiger partial charge in [0.05, 0.1) is 11.5 Å². The van der Waals surface area contributed by atoms with Crippen LogP contribution in [0.5, 0.6) is 0 Å². The summed E-state index contributed by atoms with van der Waals surface area (Å²) in [6, 6.07) is 0. The van der Waals surface area contributed by atoms with Crippen molar-refractivity contribution in [3.8, 4) is 0 Å². The number of imide groups is 1. The molecule has 0 unspecified atom stereocenters. The second kappa shape index (κ2) is 8.97. The van der Waals surface area contributed by atoms with Crippen molar-refractivity contribution in [3.63, 3.8) is 0 Å². The zero-order valence-corrected chi connectivity index (χ0v) is 13.5. The van der Waals surface area contributed by atoms with Crippen molar-refractivity contribution >= 4 is 35.1 Å². The maximum atomic E-state index is 11.7. The third kappa shape index (κ3) is 6.42. The molecule has 6 heteroatoms. The molecule has 1 aliphatic rings. The van der Waals surface area contributed by atoms with Gasteiger partial charge in [-0.3, -0.25) is 24.1 Å². The van der Waals surface area contributed by atoms with E-state index in [1.165, 1.54) is 16.7 Å². The molecule has 118 valence electrons. The normalized spacial score (nSPS) is 16.4. The standard InChI is InChI=1S/C15H23NO4S/c1-3-12(17)9-21-10-13(18)5-4-6-16-14(19)7-11(2)8-15(16)20/h11H,3-10H2,1-2H3. The minimum Gasteiger partial charge on any atom is -0.299 e. The smallest absolute Gasteiger partial charge is 0.229 e. The van der Waals surface area contributed by atoms with Gasteiger partial charge in [-0.05, 0) is 12.3 Å². The molecule has 0 spiro atoms. The number of rotatable bonds is 9. The first-order valence-electron chi connectivity index (χ1n) is 7.38. The fourth-order valence-electron chi connectivity index (χ4n) is 2.16. The molecule has 0 N–H and O–H groups in total. The van der Waals surface area contributed by atoms with Gasteiger partial charge in [0.25, 0.3) is 0 Å². The summed E-state index contributed by atoms with van der Waals surface area (Å²) in [6.07, 6.45) is 2.18. The van der Waals surface area contributed by atoms with Crippen LogP contribution in [0, 0.1) is 5.92 Å². The third-order valence-corrected chi connectivity index (χ3v) is 4.46. The predicted octanol–water partition coefficient (Wildman–Crippen LogP) is 1.83. The molecule has 1 rings (SSSR count). The van der Waals surface area contributed by atoms with Gasteiger partial charge in [0.15, 0.2) is 0 Å². The summed E-state index contributed by atoms with van der Waals surface area (Å²) >= 11 is 1.33. The molecular formula is C15H23NO4S. The van der Waals surface area contributed by atoms with Crippen molar-refractivity contribution in [3.05, 3.63) is 0 Å². The Kier molecular flexibility index (Phi) is 7.64. The topological polar surface area (TPSA) is 71.5 Å². The lowest BCUT2D eigenvalue weighted by molar-refractivity contribution is -0.150. The first-order chi connectivity index (χ1) is 9.93. The molecule has 0 saturated carbocycles. The number of nitrogens with zero attached hydrogens (tertiary/aromatic N) is 1. The van der Waals surface area contributed by atoms with Crippen molar-refractivity contribution < 1.29 is 19.2 Å². The Hall–Kier alpha value is -1.17. The average molecular weight is 313 g/mol. The molecule has 1 saturated heterocycles. The Balaban J connectivity index is 2.20. The fraction of sp³-hybridized carbons (Fsp3) is 0.733. The van der Waals surface area contributed by atoms with Gasteiger partial charge in [0.1, 0.15) is 11.6 Å². The number of piperidine rings is 1. The number of hydrogen-bond donors (Lipinski definition) is 0. The number of amides is 2. The maximum absolute atomic E-state index is 11.7. The molecule has 0 bridgehead atoms. The number of hydrogen-bond acceptors (Lipinski definition) is 5. The number of carbonyl (C=O) groups excluding carboxylic acids is 4. The average Bonchev–Trinajstić information content (AvgIpc) is 2.41. The van der Waals surface area contributed by atoms with E-state index in [0.29, 0.717) is 50.2 Å². The van der Waals surface area contributed by atoms with Crippen LogP contribution in [-0.4, -0.2) is 46.3 Å². The van der Waals surface area contributed by atoms with Crippen LogP contribution in [0.3, 0.4) is 0 Å². The van der Waals surface area contributed by atoms with Crippen molar-refractivity contribution in [2.75, 3.05) is 18.1 Å². The first kappa shape index (κ1) is 17.9. The number of Topliss-reactive ketones (excluding diaryl/α,β-unsaturated/α-hetero) is 2. The van der Waals surface area contributed by atoms with Crippen LogP contribution in [-0.2, 0) is 19.2 Å². The summed E-state index contributed by atoms with van der Waals surface area (Å²) in [4.78, 5) is 47.5. The summed E-state index contributed by atoms with van der Waals surface area (Å²) in [6.45, 7) is 4.03. The van der Waals surface area contributed by atoms with Crippen LogP contribution in [0.15, 0.2) is 0 Å². The third-order valence-electron chi connectivity index (χ3n) is 3.41. The van der Waals surface area contributed by atoms with Gasteiger partial charge in [-0.15, -0.1) is 11.8 Å². The number of likely N-dealkylation sites (tertiary alicyclic amines) is 1. The van der Waals surface area contributed by atoms with E-state index in [2.05, 4.69) is 0 Å². The van der Waals surface area contributed by atoms with Crippen LogP contribution in [0.4, 0.5) is 0 Å². The lowest BCUT2D eigenvalue weighted by atomic mass is 9.97. The van der Waals surface area contributed by atoms with E-state index in [4.69, 9.17) is 0 Å². The van der Waals surface area contributed by atoms with E-state index in [-0.39, 0.29) is 29.3 Å². The summed E-state index contributed by atoms with van der Waals surface area (Å²) in [5, 5.41) is 0. The lowest BCUT2D eigenvalue weighted by Gasteiger charge is -2.28. The predicted molar refractivity (Wildman–Crippen MR) is 82.0 cm³/mol. The van der Waals surface area contributed by atoms with Gasteiger partial charge >= 0.3 is 0 Å². The Morgan fingerprint density at radius 3 is 2.29 bits per heavy atom. The van der Waals surface area contributed by atoms with Crippen LogP contribution in [0.2, 0.25) is 0 Å². The lowest BCUT2D eigenvalue weighted by Crippen LogP contribution is -2.43. The van der Waals surface area contributed by atoms with Crippen LogP contribution in [0.25, 0.3) is 0 Å². The zero-order chi connectivity index (χ0) is 15.8. The van der Waals surface area contributed by atoms with Crippen molar-refractivity contribution in [2.45, 2.75) is 46.0 Å². The van der Waals surface area contributed by atoms with E-state index in [9.17, 15) is 19.2 Å². The molecular weight excluding hydrogens is 290 g/mol. The Labute approximate surface area is 129 Å². The fourth-order valence-corrected chi connectivity index (χ4v) is 3.07. The minimum absolute atomic E-state index is 0.0641. The van der Waals surface area contributed by atoms with Crippen molar-refractivity contribution in [2.24, 2.45) is 5.92 Å². The first-order valence-corrected chi connectivity index (χ1v) is 8.53. The molecule has 0 aromatic heterocycles. The molecule has 0 atom stereocenters. The van der Waals surface area contributed by atoms with Crippen molar-refractivity contribution in [1.82, 2.24) is 4.90 Å². The van der Waals surface area contributed by atoms with E-state index in [1.54, 1.807) is 6.92 Å². The summed E-state index contributed by atoms with van der Waals surface area (Å²) in [5.74, 6) is 0.771. The minimum atomic E-state index is -0.130. The SMILES string of the molecule is CCC(=O)CSCC(=O)CCCN1C(=O)CC(C)CC1=O. The highest BCUT2D eigenvalue weighted by Gasteiger charge is 2.29. The molecule has 21 heavy (non-hydrogen) atoms. The van der Waals surface area contributed by atoms with Gasteiger partial charge in [-0.2, -0.15) is 0 Å².